The third kappa shape index (κ3) is 2.86. The van der Waals surface area contributed by atoms with Crippen LogP contribution in [0.1, 0.15) is 13.3 Å². The van der Waals surface area contributed by atoms with Gasteiger partial charge in [0.2, 0.25) is 0 Å². The highest BCUT2D eigenvalue weighted by Crippen LogP contribution is 2.14. The Kier molecular flexibility index (Phi) is 2.84. The van der Waals surface area contributed by atoms with E-state index in [1.54, 1.807) is 6.92 Å². The van der Waals surface area contributed by atoms with E-state index in [4.69, 9.17) is 15.2 Å². The summed E-state index contributed by atoms with van der Waals surface area (Å²) in [5.74, 6) is -0.331. The van der Waals surface area contributed by atoms with Crippen molar-refractivity contribution in [2.24, 2.45) is 5.73 Å². The second-order valence-corrected chi connectivity index (χ2v) is 2.55. The van der Waals surface area contributed by atoms with E-state index in [1.807, 2.05) is 0 Å². The zero-order chi connectivity index (χ0) is 8.27. The summed E-state index contributed by atoms with van der Waals surface area (Å²) in [5, 5.41) is 0. The molecule has 64 valence electrons. The molecule has 1 aliphatic heterocycles. The fraction of sp³-hybridized carbons (Fsp3) is 0.857. The highest BCUT2D eigenvalue weighted by Gasteiger charge is 2.28. The molecule has 0 aromatic rings. The summed E-state index contributed by atoms with van der Waals surface area (Å²) in [5.41, 5.74) is 5.49. The number of hydrogen-bond donors (Lipinski definition) is 1. The number of carbonyl (C=O) groups excluding carboxylic acids is 1. The van der Waals surface area contributed by atoms with Crippen LogP contribution in [0, 0.1) is 0 Å². The molecule has 0 bridgehead atoms. The van der Waals surface area contributed by atoms with Crippen molar-refractivity contribution in [1.82, 2.24) is 0 Å². The third-order valence-corrected chi connectivity index (χ3v) is 1.51. The number of rotatable bonds is 4. The zero-order valence-corrected chi connectivity index (χ0v) is 6.58. The maximum Gasteiger partial charge on any atom is 0.322 e. The highest BCUT2D eigenvalue weighted by atomic mass is 16.6. The van der Waals surface area contributed by atoms with Crippen LogP contribution in [-0.2, 0) is 14.3 Å². The molecule has 1 fully saturated rings. The lowest BCUT2D eigenvalue weighted by atomic mass is 10.2. The quantitative estimate of drug-likeness (QED) is 0.450. The van der Waals surface area contributed by atoms with E-state index in [-0.39, 0.29) is 12.1 Å². The van der Waals surface area contributed by atoms with Crippen molar-refractivity contribution in [3.63, 3.8) is 0 Å². The molecule has 11 heavy (non-hydrogen) atoms. The molecule has 4 heteroatoms. The third-order valence-electron chi connectivity index (χ3n) is 1.51. The van der Waals surface area contributed by atoms with Crippen LogP contribution >= 0.6 is 0 Å². The summed E-state index contributed by atoms with van der Waals surface area (Å²) < 4.78 is 9.63. The summed E-state index contributed by atoms with van der Waals surface area (Å²) >= 11 is 0. The van der Waals surface area contributed by atoms with Crippen LogP contribution in [0.5, 0.6) is 0 Å². The van der Waals surface area contributed by atoms with Gasteiger partial charge < -0.3 is 15.2 Å². The minimum Gasteiger partial charge on any atom is -0.465 e. The summed E-state index contributed by atoms with van der Waals surface area (Å²) in [6.45, 7) is 2.88. The molecule has 0 aromatic heterocycles. The minimum absolute atomic E-state index is 0.189. The van der Waals surface area contributed by atoms with E-state index in [0.29, 0.717) is 13.0 Å². The van der Waals surface area contributed by atoms with Crippen LogP contribution < -0.4 is 5.73 Å². The average Bonchev–Trinajstić information content (AvgIpc) is 2.72. The molecule has 2 atom stereocenters. The van der Waals surface area contributed by atoms with Crippen LogP contribution in [0.15, 0.2) is 0 Å². The SMILES string of the molecule is CCOC(=O)C(N)CC1CO1. The number of hydrogen-bond acceptors (Lipinski definition) is 4. The Morgan fingerprint density at radius 3 is 3.00 bits per heavy atom. The molecular formula is C7H13NO3. The number of esters is 1. The van der Waals surface area contributed by atoms with Gasteiger partial charge in [0.1, 0.15) is 6.04 Å². The van der Waals surface area contributed by atoms with E-state index < -0.39 is 6.04 Å². The first-order chi connectivity index (χ1) is 5.24. The van der Waals surface area contributed by atoms with E-state index >= 15 is 0 Å². The van der Waals surface area contributed by atoms with Crippen molar-refractivity contribution in [2.75, 3.05) is 13.2 Å². The lowest BCUT2D eigenvalue weighted by Crippen LogP contribution is -2.33. The fourth-order valence-electron chi connectivity index (χ4n) is 0.833. The molecule has 0 amide bonds. The molecule has 4 nitrogen and oxygen atoms in total. The molecule has 2 N–H and O–H groups in total. The zero-order valence-electron chi connectivity index (χ0n) is 6.58. The van der Waals surface area contributed by atoms with Crippen molar-refractivity contribution in [1.29, 1.82) is 0 Å². The predicted molar refractivity (Wildman–Crippen MR) is 39.0 cm³/mol. The monoisotopic (exact) mass is 159 g/mol. The smallest absolute Gasteiger partial charge is 0.322 e. The fourth-order valence-corrected chi connectivity index (χ4v) is 0.833. The summed E-state index contributed by atoms with van der Waals surface area (Å²) in [4.78, 5) is 10.9. The maximum absolute atomic E-state index is 10.9. The van der Waals surface area contributed by atoms with Gasteiger partial charge in [0.15, 0.2) is 0 Å². The number of epoxide rings is 1. The first-order valence-corrected chi connectivity index (χ1v) is 3.78. The standard InChI is InChI=1S/C7H13NO3/c1-2-10-7(9)6(8)3-5-4-11-5/h5-6H,2-4,8H2,1H3. The molecule has 1 aliphatic rings. The van der Waals surface area contributed by atoms with E-state index in [9.17, 15) is 4.79 Å². The van der Waals surface area contributed by atoms with Gasteiger partial charge in [-0.1, -0.05) is 0 Å². The molecule has 1 heterocycles. The Morgan fingerprint density at radius 2 is 2.55 bits per heavy atom. The Morgan fingerprint density at radius 1 is 1.91 bits per heavy atom. The average molecular weight is 159 g/mol. The molecule has 0 aliphatic carbocycles. The second-order valence-electron chi connectivity index (χ2n) is 2.55. The van der Waals surface area contributed by atoms with Crippen molar-refractivity contribution in [2.45, 2.75) is 25.5 Å². The first kappa shape index (κ1) is 8.49. The van der Waals surface area contributed by atoms with Gasteiger partial charge in [0.25, 0.3) is 0 Å². The Hall–Kier alpha value is -0.610. The topological polar surface area (TPSA) is 64.8 Å². The molecule has 1 rings (SSSR count). The highest BCUT2D eigenvalue weighted by molar-refractivity contribution is 5.75. The number of ether oxygens (including phenoxy) is 2. The van der Waals surface area contributed by atoms with Crippen molar-refractivity contribution in [3.05, 3.63) is 0 Å². The molecule has 2 unspecified atom stereocenters. The summed E-state index contributed by atoms with van der Waals surface area (Å²) in [6, 6.07) is -0.512. The van der Waals surface area contributed by atoms with Crippen LogP contribution in [0.4, 0.5) is 0 Å². The van der Waals surface area contributed by atoms with Gasteiger partial charge in [-0.25, -0.2) is 0 Å². The molecule has 1 saturated heterocycles. The van der Waals surface area contributed by atoms with E-state index in [2.05, 4.69) is 0 Å². The number of nitrogens with two attached hydrogens (primary N) is 1. The Bertz CT molecular complexity index is 145. The van der Waals surface area contributed by atoms with Crippen LogP contribution in [0.3, 0.4) is 0 Å². The minimum atomic E-state index is -0.512. The maximum atomic E-state index is 10.9. The second kappa shape index (κ2) is 3.69. The van der Waals surface area contributed by atoms with Crippen LogP contribution in [0.25, 0.3) is 0 Å². The molecule has 0 spiro atoms. The van der Waals surface area contributed by atoms with Crippen molar-refractivity contribution in [3.8, 4) is 0 Å². The Balaban J connectivity index is 2.15. The normalized spacial score (nSPS) is 24.4. The lowest BCUT2D eigenvalue weighted by molar-refractivity contribution is -0.144. The van der Waals surface area contributed by atoms with Crippen LogP contribution in [0.2, 0.25) is 0 Å². The molecule has 0 aromatic carbocycles. The van der Waals surface area contributed by atoms with Gasteiger partial charge >= 0.3 is 5.97 Å². The van der Waals surface area contributed by atoms with Gasteiger partial charge in [-0.05, 0) is 6.92 Å². The van der Waals surface area contributed by atoms with E-state index in [0.717, 1.165) is 6.61 Å². The largest absolute Gasteiger partial charge is 0.465 e. The molecule has 0 radical (unpaired) electrons. The molecular weight excluding hydrogens is 146 g/mol. The number of carbonyl (C=O) groups is 1. The van der Waals surface area contributed by atoms with E-state index in [1.165, 1.54) is 0 Å². The van der Waals surface area contributed by atoms with Crippen molar-refractivity contribution < 1.29 is 14.3 Å². The van der Waals surface area contributed by atoms with Gasteiger partial charge in [-0.2, -0.15) is 0 Å². The first-order valence-electron chi connectivity index (χ1n) is 3.78. The van der Waals surface area contributed by atoms with Gasteiger partial charge in [-0.3, -0.25) is 4.79 Å². The molecule has 0 saturated carbocycles. The lowest BCUT2D eigenvalue weighted by Gasteiger charge is -2.07. The van der Waals surface area contributed by atoms with Crippen LogP contribution in [-0.4, -0.2) is 31.3 Å². The van der Waals surface area contributed by atoms with Crippen molar-refractivity contribution >= 4 is 5.97 Å². The predicted octanol–water partition coefficient (Wildman–Crippen LogP) is -0.334. The summed E-state index contributed by atoms with van der Waals surface area (Å²) in [7, 11) is 0. The van der Waals surface area contributed by atoms with Gasteiger partial charge in [0.05, 0.1) is 19.3 Å². The summed E-state index contributed by atoms with van der Waals surface area (Å²) in [6.07, 6.45) is 0.771. The van der Waals surface area contributed by atoms with Gasteiger partial charge in [0, 0.05) is 6.42 Å². The van der Waals surface area contributed by atoms with Gasteiger partial charge in [-0.15, -0.1) is 0 Å². The Labute approximate surface area is 65.7 Å².